The van der Waals surface area contributed by atoms with Crippen molar-refractivity contribution < 1.29 is 21.6 Å². The Morgan fingerprint density at radius 2 is 1.41 bits per heavy atom. The molecule has 1 aliphatic heterocycles. The number of rotatable bonds is 5. The lowest BCUT2D eigenvalue weighted by Crippen LogP contribution is -2.50. The van der Waals surface area contributed by atoms with Crippen molar-refractivity contribution in [2.45, 2.75) is 35.5 Å². The average molecular weight is 478 g/mol. The van der Waals surface area contributed by atoms with E-state index in [4.69, 9.17) is 0 Å². The summed E-state index contributed by atoms with van der Waals surface area (Å²) in [6, 6.07) is 11.1. The van der Waals surface area contributed by atoms with Gasteiger partial charge in [-0.15, -0.1) is 0 Å². The van der Waals surface area contributed by atoms with E-state index in [1.165, 1.54) is 41.2 Å². The molecule has 172 valence electrons. The van der Waals surface area contributed by atoms with E-state index >= 15 is 0 Å². The zero-order valence-electron chi connectivity index (χ0n) is 18.0. The number of nitrogens with zero attached hydrogens (tertiary/aromatic N) is 2. The summed E-state index contributed by atoms with van der Waals surface area (Å²) in [6.07, 6.45) is 4.13. The molecule has 1 aliphatic carbocycles. The number of carbonyl (C=O) groups excluding carboxylic acids is 1. The van der Waals surface area contributed by atoms with Crippen LogP contribution in [0.2, 0.25) is 0 Å². The molecular weight excluding hydrogens is 450 g/mol. The van der Waals surface area contributed by atoms with Gasteiger partial charge in [-0.1, -0.05) is 6.07 Å². The Bertz CT molecular complexity index is 1220. The van der Waals surface area contributed by atoms with Crippen molar-refractivity contribution in [1.82, 2.24) is 13.9 Å². The minimum absolute atomic E-state index is 0.0810. The van der Waals surface area contributed by atoms with Crippen LogP contribution in [0.1, 0.15) is 34.3 Å². The molecule has 0 radical (unpaired) electrons. The van der Waals surface area contributed by atoms with E-state index in [0.717, 1.165) is 31.2 Å². The minimum Gasteiger partial charge on any atom is -0.336 e. The minimum atomic E-state index is -3.61. The smallest absolute Gasteiger partial charge is 0.253 e. The molecule has 1 fully saturated rings. The van der Waals surface area contributed by atoms with Crippen LogP contribution in [0.25, 0.3) is 0 Å². The van der Waals surface area contributed by atoms with Gasteiger partial charge in [-0.2, -0.15) is 4.31 Å². The first-order valence-electron chi connectivity index (χ1n) is 10.7. The highest BCUT2D eigenvalue weighted by atomic mass is 32.2. The van der Waals surface area contributed by atoms with Crippen molar-refractivity contribution in [2.24, 2.45) is 0 Å². The first-order valence-corrected chi connectivity index (χ1v) is 13.6. The van der Waals surface area contributed by atoms with Crippen LogP contribution in [-0.2, 0) is 32.9 Å². The Kier molecular flexibility index (Phi) is 6.39. The summed E-state index contributed by atoms with van der Waals surface area (Å²) in [5, 5.41) is 0. The molecule has 2 aromatic rings. The van der Waals surface area contributed by atoms with Crippen molar-refractivity contribution in [3.05, 3.63) is 59.2 Å². The molecule has 1 saturated heterocycles. The van der Waals surface area contributed by atoms with Crippen molar-refractivity contribution in [1.29, 1.82) is 0 Å². The van der Waals surface area contributed by atoms with E-state index < -0.39 is 20.0 Å². The van der Waals surface area contributed by atoms with Crippen molar-refractivity contribution >= 4 is 26.0 Å². The van der Waals surface area contributed by atoms with E-state index in [1.807, 2.05) is 12.1 Å². The zero-order chi connectivity index (χ0) is 22.9. The van der Waals surface area contributed by atoms with Crippen LogP contribution in [0.15, 0.2) is 52.3 Å². The van der Waals surface area contributed by atoms with Gasteiger partial charge in [-0.25, -0.2) is 21.6 Å². The third-order valence-corrected chi connectivity index (χ3v) is 9.49. The second-order valence-electron chi connectivity index (χ2n) is 8.07. The number of amides is 1. The SMILES string of the molecule is CNS(=O)(=O)c1ccc(C(=O)N2CCN(S(=O)(=O)c3ccc4c(c3)CCCC4)CC2)cc1. The third kappa shape index (κ3) is 4.45. The Morgan fingerprint density at radius 3 is 2.03 bits per heavy atom. The van der Waals surface area contributed by atoms with Gasteiger partial charge in [0, 0.05) is 31.7 Å². The fourth-order valence-electron chi connectivity index (χ4n) is 4.23. The van der Waals surface area contributed by atoms with Gasteiger partial charge in [0.15, 0.2) is 0 Å². The molecule has 1 amide bonds. The number of sulfonamides is 2. The van der Waals surface area contributed by atoms with Gasteiger partial charge < -0.3 is 4.90 Å². The highest BCUT2D eigenvalue weighted by Gasteiger charge is 2.31. The predicted molar refractivity (Wildman–Crippen MR) is 120 cm³/mol. The van der Waals surface area contributed by atoms with E-state index in [9.17, 15) is 21.6 Å². The van der Waals surface area contributed by atoms with Crippen molar-refractivity contribution in [2.75, 3.05) is 33.2 Å². The summed E-state index contributed by atoms with van der Waals surface area (Å²) in [6.45, 7) is 0.994. The molecule has 10 heteroatoms. The number of piperazine rings is 1. The lowest BCUT2D eigenvalue weighted by Gasteiger charge is -2.34. The number of carbonyl (C=O) groups is 1. The Hall–Kier alpha value is -2.27. The number of hydrogen-bond donors (Lipinski definition) is 1. The van der Waals surface area contributed by atoms with E-state index in [-0.39, 0.29) is 37.0 Å². The molecule has 32 heavy (non-hydrogen) atoms. The van der Waals surface area contributed by atoms with Crippen LogP contribution in [0.3, 0.4) is 0 Å². The maximum atomic E-state index is 13.1. The molecular formula is C22H27N3O5S2. The van der Waals surface area contributed by atoms with Crippen LogP contribution in [-0.4, -0.2) is 65.2 Å². The molecule has 0 unspecified atom stereocenters. The Morgan fingerprint density at radius 1 is 0.812 bits per heavy atom. The van der Waals surface area contributed by atoms with Gasteiger partial charge >= 0.3 is 0 Å². The lowest BCUT2D eigenvalue weighted by molar-refractivity contribution is 0.0698. The molecule has 0 spiro atoms. The zero-order valence-corrected chi connectivity index (χ0v) is 19.6. The first-order chi connectivity index (χ1) is 15.2. The summed E-state index contributed by atoms with van der Waals surface area (Å²) in [4.78, 5) is 14.8. The molecule has 0 aromatic heterocycles. The van der Waals surface area contributed by atoms with Gasteiger partial charge in [-0.3, -0.25) is 4.79 Å². The van der Waals surface area contributed by atoms with Gasteiger partial charge in [0.25, 0.3) is 5.91 Å². The highest BCUT2D eigenvalue weighted by Crippen LogP contribution is 2.26. The highest BCUT2D eigenvalue weighted by molar-refractivity contribution is 7.89. The van der Waals surface area contributed by atoms with Crippen molar-refractivity contribution in [3.8, 4) is 0 Å². The van der Waals surface area contributed by atoms with Gasteiger partial charge in [0.2, 0.25) is 20.0 Å². The van der Waals surface area contributed by atoms with Crippen LogP contribution >= 0.6 is 0 Å². The predicted octanol–water partition coefficient (Wildman–Crippen LogP) is 1.62. The topological polar surface area (TPSA) is 104 Å². The summed E-state index contributed by atoms with van der Waals surface area (Å²) in [7, 11) is -5.86. The normalized spacial score (nSPS) is 17.7. The Balaban J connectivity index is 1.43. The van der Waals surface area contributed by atoms with Crippen LogP contribution in [0.5, 0.6) is 0 Å². The summed E-state index contributed by atoms with van der Waals surface area (Å²) in [5.74, 6) is -0.246. The van der Waals surface area contributed by atoms with E-state index in [1.54, 1.807) is 11.0 Å². The summed E-state index contributed by atoms with van der Waals surface area (Å²) >= 11 is 0. The molecule has 0 bridgehead atoms. The van der Waals surface area contributed by atoms with Crippen LogP contribution < -0.4 is 4.72 Å². The van der Waals surface area contributed by atoms with Gasteiger partial charge in [0.05, 0.1) is 9.79 Å². The van der Waals surface area contributed by atoms with Gasteiger partial charge in [-0.05, 0) is 80.3 Å². The largest absolute Gasteiger partial charge is 0.336 e. The first kappa shape index (κ1) is 22.9. The molecule has 1 heterocycles. The number of hydrogen-bond acceptors (Lipinski definition) is 5. The summed E-state index contributed by atoms with van der Waals surface area (Å²) in [5.41, 5.74) is 2.72. The second kappa shape index (κ2) is 8.93. The molecule has 1 N–H and O–H groups in total. The molecule has 0 saturated carbocycles. The number of fused-ring (bicyclic) bond motifs is 1. The van der Waals surface area contributed by atoms with E-state index in [2.05, 4.69) is 4.72 Å². The standard InChI is InChI=1S/C22H27N3O5S2/c1-23-31(27,28)20-9-7-18(8-10-20)22(26)24-12-14-25(15-13-24)32(29,30)21-11-6-17-4-2-3-5-19(17)16-21/h6-11,16,23H,2-5,12-15H2,1H3. The lowest BCUT2D eigenvalue weighted by atomic mass is 9.92. The molecule has 0 atom stereocenters. The van der Waals surface area contributed by atoms with Crippen LogP contribution in [0, 0.1) is 0 Å². The van der Waals surface area contributed by atoms with Gasteiger partial charge in [0.1, 0.15) is 0 Å². The molecule has 2 aliphatic rings. The quantitative estimate of drug-likeness (QED) is 0.705. The fraction of sp³-hybridized carbons (Fsp3) is 0.409. The van der Waals surface area contributed by atoms with Crippen molar-refractivity contribution in [3.63, 3.8) is 0 Å². The maximum absolute atomic E-state index is 13.1. The maximum Gasteiger partial charge on any atom is 0.253 e. The second-order valence-corrected chi connectivity index (χ2v) is 11.9. The third-order valence-electron chi connectivity index (χ3n) is 6.16. The molecule has 8 nitrogen and oxygen atoms in total. The molecule has 4 rings (SSSR count). The number of aryl methyl sites for hydroxylation is 2. The number of benzene rings is 2. The van der Waals surface area contributed by atoms with Crippen LogP contribution in [0.4, 0.5) is 0 Å². The van der Waals surface area contributed by atoms with E-state index in [0.29, 0.717) is 10.5 Å². The fourth-order valence-corrected chi connectivity index (χ4v) is 6.43. The average Bonchev–Trinajstić information content (AvgIpc) is 2.83. The Labute approximate surface area is 189 Å². The monoisotopic (exact) mass is 477 g/mol. The molecule has 2 aromatic carbocycles. The summed E-state index contributed by atoms with van der Waals surface area (Å²) < 4.78 is 53.6. The number of nitrogens with one attached hydrogen (secondary N) is 1.